The van der Waals surface area contributed by atoms with Crippen molar-refractivity contribution >= 4 is 17.9 Å². The molecule has 0 radical (unpaired) electrons. The van der Waals surface area contributed by atoms with Crippen LogP contribution in [0.15, 0.2) is 0 Å². The number of nitrogens with one attached hydrogen (secondary N) is 2. The van der Waals surface area contributed by atoms with E-state index < -0.39 is 17.4 Å². The third kappa shape index (κ3) is 2.57. The first-order valence-corrected chi connectivity index (χ1v) is 6.93. The van der Waals surface area contributed by atoms with Crippen LogP contribution in [0, 0.1) is 5.92 Å². The first-order chi connectivity index (χ1) is 9.34. The molecular formula is C13H21N3O4. The summed E-state index contributed by atoms with van der Waals surface area (Å²) in [5, 5.41) is 14.6. The zero-order valence-electron chi connectivity index (χ0n) is 11.8. The summed E-state index contributed by atoms with van der Waals surface area (Å²) in [5.41, 5.74) is -0.917. The Balaban J connectivity index is 2.04. The van der Waals surface area contributed by atoms with Crippen LogP contribution in [0.2, 0.25) is 0 Å². The van der Waals surface area contributed by atoms with E-state index in [1.165, 1.54) is 4.90 Å². The summed E-state index contributed by atoms with van der Waals surface area (Å²) >= 11 is 0. The molecule has 1 saturated carbocycles. The quantitative estimate of drug-likeness (QED) is 0.672. The summed E-state index contributed by atoms with van der Waals surface area (Å²) in [6, 6.07) is -0.705. The highest BCUT2D eigenvalue weighted by Crippen LogP contribution is 2.27. The summed E-state index contributed by atoms with van der Waals surface area (Å²) in [4.78, 5) is 36.7. The molecule has 3 amide bonds. The number of aliphatic carboxylic acids is 1. The SMILES string of the molecule is CC1(C)C(=O)NCCN1C(=O)NC1CCCC1C(=O)O. The summed E-state index contributed by atoms with van der Waals surface area (Å²) in [7, 11) is 0. The van der Waals surface area contributed by atoms with E-state index in [0.29, 0.717) is 25.9 Å². The van der Waals surface area contributed by atoms with E-state index in [2.05, 4.69) is 10.6 Å². The van der Waals surface area contributed by atoms with Gasteiger partial charge < -0.3 is 20.6 Å². The van der Waals surface area contributed by atoms with Crippen molar-refractivity contribution in [2.45, 2.75) is 44.7 Å². The maximum atomic E-state index is 12.3. The summed E-state index contributed by atoms with van der Waals surface area (Å²) in [5.74, 6) is -1.59. The van der Waals surface area contributed by atoms with Gasteiger partial charge in [-0.2, -0.15) is 0 Å². The number of rotatable bonds is 2. The Morgan fingerprint density at radius 1 is 1.40 bits per heavy atom. The molecule has 2 fully saturated rings. The van der Waals surface area contributed by atoms with Gasteiger partial charge in [0.05, 0.1) is 5.92 Å². The summed E-state index contributed by atoms with van der Waals surface area (Å²) in [6.07, 6.45) is 2.05. The van der Waals surface area contributed by atoms with Crippen LogP contribution in [0.5, 0.6) is 0 Å². The molecule has 1 aliphatic carbocycles. The van der Waals surface area contributed by atoms with Crippen LogP contribution in [0.4, 0.5) is 4.79 Å². The highest BCUT2D eigenvalue weighted by atomic mass is 16.4. The van der Waals surface area contributed by atoms with Crippen LogP contribution in [-0.4, -0.2) is 52.6 Å². The van der Waals surface area contributed by atoms with Gasteiger partial charge in [0, 0.05) is 19.1 Å². The van der Waals surface area contributed by atoms with Crippen molar-refractivity contribution in [2.24, 2.45) is 5.92 Å². The number of hydrogen-bond acceptors (Lipinski definition) is 3. The van der Waals surface area contributed by atoms with E-state index in [1.54, 1.807) is 13.8 Å². The van der Waals surface area contributed by atoms with Gasteiger partial charge in [0.15, 0.2) is 0 Å². The van der Waals surface area contributed by atoms with Gasteiger partial charge in [-0.25, -0.2) is 4.79 Å². The molecule has 7 heteroatoms. The number of carbonyl (C=O) groups excluding carboxylic acids is 2. The van der Waals surface area contributed by atoms with E-state index >= 15 is 0 Å². The van der Waals surface area contributed by atoms with E-state index in [0.717, 1.165) is 6.42 Å². The van der Waals surface area contributed by atoms with Crippen molar-refractivity contribution in [3.8, 4) is 0 Å². The Morgan fingerprint density at radius 2 is 2.10 bits per heavy atom. The molecule has 1 saturated heterocycles. The Bertz CT molecular complexity index is 435. The van der Waals surface area contributed by atoms with Crippen molar-refractivity contribution in [2.75, 3.05) is 13.1 Å². The monoisotopic (exact) mass is 283 g/mol. The van der Waals surface area contributed by atoms with E-state index in [-0.39, 0.29) is 18.0 Å². The van der Waals surface area contributed by atoms with Gasteiger partial charge in [0.2, 0.25) is 5.91 Å². The van der Waals surface area contributed by atoms with Crippen LogP contribution < -0.4 is 10.6 Å². The molecule has 2 unspecified atom stereocenters. The number of urea groups is 1. The van der Waals surface area contributed by atoms with Crippen LogP contribution in [0.25, 0.3) is 0 Å². The number of piperazine rings is 1. The molecule has 0 spiro atoms. The van der Waals surface area contributed by atoms with Gasteiger partial charge in [-0.1, -0.05) is 6.42 Å². The maximum Gasteiger partial charge on any atom is 0.318 e. The lowest BCUT2D eigenvalue weighted by atomic mass is 9.99. The summed E-state index contributed by atoms with van der Waals surface area (Å²) in [6.45, 7) is 4.21. The van der Waals surface area contributed by atoms with E-state index in [1.807, 2.05) is 0 Å². The molecule has 1 heterocycles. The molecule has 0 aromatic carbocycles. The molecule has 2 rings (SSSR count). The molecule has 0 bridgehead atoms. The standard InChI is InChI=1S/C13H21N3O4/c1-13(2)11(19)14-6-7-16(13)12(20)15-9-5-3-4-8(9)10(17)18/h8-9H,3-7H2,1-2H3,(H,14,19)(H,15,20)(H,17,18). The second-order valence-electron chi connectivity index (χ2n) is 5.90. The maximum absolute atomic E-state index is 12.3. The normalized spacial score (nSPS) is 28.9. The van der Waals surface area contributed by atoms with Gasteiger partial charge in [0.1, 0.15) is 5.54 Å². The highest BCUT2D eigenvalue weighted by molar-refractivity contribution is 5.91. The minimum atomic E-state index is -0.917. The fraction of sp³-hybridized carbons (Fsp3) is 0.769. The minimum Gasteiger partial charge on any atom is -0.481 e. The summed E-state index contributed by atoms with van der Waals surface area (Å²) < 4.78 is 0. The molecule has 2 aliphatic rings. The number of carboxylic acid groups (broad SMARTS) is 1. The first-order valence-electron chi connectivity index (χ1n) is 6.93. The van der Waals surface area contributed by atoms with Crippen molar-refractivity contribution in [3.63, 3.8) is 0 Å². The lowest BCUT2D eigenvalue weighted by molar-refractivity contribution is -0.142. The predicted octanol–water partition coefficient (Wildman–Crippen LogP) is 0.160. The van der Waals surface area contributed by atoms with Gasteiger partial charge in [-0.3, -0.25) is 9.59 Å². The van der Waals surface area contributed by atoms with Crippen LogP contribution in [0.3, 0.4) is 0 Å². The largest absolute Gasteiger partial charge is 0.481 e. The molecule has 3 N–H and O–H groups in total. The average Bonchev–Trinajstić information content (AvgIpc) is 2.80. The number of nitrogens with zero attached hydrogens (tertiary/aromatic N) is 1. The number of carboxylic acids is 1. The number of carbonyl (C=O) groups is 3. The Hall–Kier alpha value is -1.79. The van der Waals surface area contributed by atoms with Gasteiger partial charge in [-0.05, 0) is 26.7 Å². The number of amides is 3. The molecule has 7 nitrogen and oxygen atoms in total. The third-order valence-corrected chi connectivity index (χ3v) is 4.24. The molecule has 1 aliphatic heterocycles. The van der Waals surface area contributed by atoms with Crippen LogP contribution in [-0.2, 0) is 9.59 Å². The fourth-order valence-electron chi connectivity index (χ4n) is 2.92. The third-order valence-electron chi connectivity index (χ3n) is 4.24. The second kappa shape index (κ2) is 5.30. The number of hydrogen-bond donors (Lipinski definition) is 3. The zero-order chi connectivity index (χ0) is 14.9. The first kappa shape index (κ1) is 14.6. The van der Waals surface area contributed by atoms with Crippen LogP contribution in [0.1, 0.15) is 33.1 Å². The molecule has 0 aromatic rings. The van der Waals surface area contributed by atoms with Crippen molar-refractivity contribution in [3.05, 3.63) is 0 Å². The lowest BCUT2D eigenvalue weighted by Crippen LogP contribution is -2.66. The second-order valence-corrected chi connectivity index (χ2v) is 5.90. The van der Waals surface area contributed by atoms with Crippen LogP contribution >= 0.6 is 0 Å². The highest BCUT2D eigenvalue weighted by Gasteiger charge is 2.42. The minimum absolute atomic E-state index is 0.194. The zero-order valence-corrected chi connectivity index (χ0v) is 11.8. The van der Waals surface area contributed by atoms with Crippen molar-refractivity contribution < 1.29 is 19.5 Å². The van der Waals surface area contributed by atoms with Crippen molar-refractivity contribution in [1.82, 2.24) is 15.5 Å². The molecule has 20 heavy (non-hydrogen) atoms. The fourth-order valence-corrected chi connectivity index (χ4v) is 2.92. The average molecular weight is 283 g/mol. The Morgan fingerprint density at radius 3 is 2.75 bits per heavy atom. The molecule has 112 valence electrons. The molecule has 0 aromatic heterocycles. The molecule has 2 atom stereocenters. The van der Waals surface area contributed by atoms with E-state index in [9.17, 15) is 14.4 Å². The molecular weight excluding hydrogens is 262 g/mol. The Kier molecular flexibility index (Phi) is 3.87. The topological polar surface area (TPSA) is 98.7 Å². The van der Waals surface area contributed by atoms with Gasteiger partial charge >= 0.3 is 12.0 Å². The van der Waals surface area contributed by atoms with E-state index in [4.69, 9.17) is 5.11 Å². The smallest absolute Gasteiger partial charge is 0.318 e. The van der Waals surface area contributed by atoms with Crippen molar-refractivity contribution in [1.29, 1.82) is 0 Å². The van der Waals surface area contributed by atoms with Gasteiger partial charge in [-0.15, -0.1) is 0 Å². The lowest BCUT2D eigenvalue weighted by Gasteiger charge is -2.41. The Labute approximate surface area is 117 Å². The van der Waals surface area contributed by atoms with Gasteiger partial charge in [0.25, 0.3) is 0 Å². The predicted molar refractivity (Wildman–Crippen MR) is 71.1 cm³/mol.